The van der Waals surface area contributed by atoms with Crippen molar-refractivity contribution in [1.29, 1.82) is 0 Å². The van der Waals surface area contributed by atoms with E-state index >= 15 is 0 Å². The molecule has 0 aliphatic carbocycles. The van der Waals surface area contributed by atoms with E-state index in [-0.39, 0.29) is 10.6 Å². The number of rotatable bonds is 5. The zero-order valence-corrected chi connectivity index (χ0v) is 18.3. The van der Waals surface area contributed by atoms with Gasteiger partial charge in [-0.3, -0.25) is 15.2 Å². The minimum absolute atomic E-state index is 0.0818. The van der Waals surface area contributed by atoms with Gasteiger partial charge in [-0.1, -0.05) is 47.5 Å². The Labute approximate surface area is 162 Å². The summed E-state index contributed by atoms with van der Waals surface area (Å²) >= 11 is 0. The number of hydrogen-bond donors (Lipinski definition) is 1. The van der Waals surface area contributed by atoms with E-state index in [9.17, 15) is 10.1 Å². The van der Waals surface area contributed by atoms with Crippen LogP contribution in [0.2, 0.25) is 16.6 Å². The molecule has 0 aliphatic rings. The predicted molar refractivity (Wildman–Crippen MR) is 113 cm³/mol. The summed E-state index contributed by atoms with van der Waals surface area (Å²) in [6, 6.07) is 6.57. The highest BCUT2D eigenvalue weighted by Crippen LogP contribution is 2.41. The van der Waals surface area contributed by atoms with E-state index in [1.54, 1.807) is 12.1 Å². The zero-order chi connectivity index (χ0) is 20.4. The van der Waals surface area contributed by atoms with Gasteiger partial charge >= 0.3 is 0 Å². The van der Waals surface area contributed by atoms with Gasteiger partial charge in [0.15, 0.2) is 0 Å². The third kappa shape index (κ3) is 3.98. The van der Waals surface area contributed by atoms with E-state index in [4.69, 9.17) is 0 Å². The maximum atomic E-state index is 10.9. The Hall–Kier alpha value is -2.39. The van der Waals surface area contributed by atoms with Crippen molar-refractivity contribution in [3.05, 3.63) is 45.8 Å². The summed E-state index contributed by atoms with van der Waals surface area (Å²) in [6.07, 6.45) is 0. The Morgan fingerprint density at radius 1 is 1.04 bits per heavy atom. The molecule has 0 saturated carbocycles. The van der Waals surface area contributed by atoms with E-state index in [0.29, 0.717) is 16.6 Å². The number of aromatic amines is 1. The largest absolute Gasteiger partial charge is 0.281 e. The van der Waals surface area contributed by atoms with Crippen LogP contribution in [0.15, 0.2) is 24.3 Å². The lowest BCUT2D eigenvalue weighted by Gasteiger charge is -2.38. The van der Waals surface area contributed by atoms with Gasteiger partial charge in [0.25, 0.3) is 5.69 Å². The molecule has 0 fully saturated rings. The second-order valence-corrected chi connectivity index (χ2v) is 13.6. The molecule has 5 nitrogen and oxygen atoms in total. The molecule has 0 unspecified atom stereocenters. The topological polar surface area (TPSA) is 71.8 Å². The van der Waals surface area contributed by atoms with Gasteiger partial charge in [0.05, 0.1) is 4.92 Å². The third-order valence-electron chi connectivity index (χ3n) is 5.58. The number of nitrogens with zero attached hydrogens (tertiary/aromatic N) is 2. The van der Waals surface area contributed by atoms with Crippen LogP contribution in [0.3, 0.4) is 0 Å². The van der Waals surface area contributed by atoms with Crippen molar-refractivity contribution >= 4 is 13.8 Å². The van der Waals surface area contributed by atoms with Crippen LogP contribution in [0.4, 0.5) is 5.69 Å². The first-order valence-electron chi connectivity index (χ1n) is 9.44. The smallest absolute Gasteiger partial charge is 0.269 e. The molecular formula is C21H29N3O2Si. The number of non-ortho nitro benzene ring substituents is 1. The van der Waals surface area contributed by atoms with Crippen molar-refractivity contribution < 1.29 is 4.92 Å². The first-order valence-corrected chi connectivity index (χ1v) is 11.7. The van der Waals surface area contributed by atoms with Crippen molar-refractivity contribution in [3.8, 4) is 22.6 Å². The standard InChI is InChI=1S/C21H29N3O2Si/c1-14(2)27(15(3)4,16(5)6)13-12-20-21(17(7)22-23-20)18-8-10-19(11-9-18)24(25)26/h8-11,14-16H,1-7H3,(H,22,23). The molecule has 2 rings (SSSR count). The Morgan fingerprint density at radius 3 is 2.00 bits per heavy atom. The van der Waals surface area contributed by atoms with Crippen LogP contribution < -0.4 is 0 Å². The molecule has 144 valence electrons. The molecule has 0 aliphatic heterocycles. The van der Waals surface area contributed by atoms with E-state index in [0.717, 1.165) is 22.5 Å². The van der Waals surface area contributed by atoms with Crippen LogP contribution in [0.5, 0.6) is 0 Å². The number of nitro benzene ring substituents is 1. The van der Waals surface area contributed by atoms with Gasteiger partial charge in [-0.2, -0.15) is 5.10 Å². The van der Waals surface area contributed by atoms with Crippen molar-refractivity contribution in [1.82, 2.24) is 10.2 Å². The zero-order valence-electron chi connectivity index (χ0n) is 17.3. The number of aromatic nitrogens is 2. The molecule has 0 spiro atoms. The van der Waals surface area contributed by atoms with Gasteiger partial charge in [0, 0.05) is 23.4 Å². The number of H-pyrrole nitrogens is 1. The molecule has 2 aromatic rings. The predicted octanol–water partition coefficient (Wildman–Crippen LogP) is 5.86. The Kier molecular flexibility index (Phi) is 6.27. The maximum absolute atomic E-state index is 10.9. The first-order chi connectivity index (χ1) is 12.6. The van der Waals surface area contributed by atoms with Crippen LogP contribution in [-0.4, -0.2) is 23.2 Å². The normalized spacial score (nSPS) is 11.8. The summed E-state index contributed by atoms with van der Waals surface area (Å²) in [5, 5.41) is 18.4. The Bertz CT molecular complexity index is 849. The summed E-state index contributed by atoms with van der Waals surface area (Å²) in [5.74, 6) is 3.39. The first kappa shape index (κ1) is 20.9. The maximum Gasteiger partial charge on any atom is 0.269 e. The number of hydrogen-bond acceptors (Lipinski definition) is 3. The van der Waals surface area contributed by atoms with Crippen LogP contribution in [-0.2, 0) is 0 Å². The summed E-state index contributed by atoms with van der Waals surface area (Å²) in [5.41, 5.74) is 8.88. The molecule has 0 atom stereocenters. The lowest BCUT2D eigenvalue weighted by Crippen LogP contribution is -2.43. The fourth-order valence-corrected chi connectivity index (χ4v) is 9.42. The lowest BCUT2D eigenvalue weighted by molar-refractivity contribution is -0.384. The number of nitro groups is 1. The fraction of sp³-hybridized carbons (Fsp3) is 0.476. The molecule has 1 N–H and O–H groups in total. The highest BCUT2D eigenvalue weighted by molar-refractivity contribution is 6.90. The van der Waals surface area contributed by atoms with Crippen molar-refractivity contribution in [2.45, 2.75) is 65.1 Å². The SMILES string of the molecule is Cc1[nH]nc(C#C[Si](C(C)C)(C(C)C)C(C)C)c1-c1ccc([N+](=O)[O-])cc1. The summed E-state index contributed by atoms with van der Waals surface area (Å²) in [7, 11) is -1.85. The highest BCUT2D eigenvalue weighted by atomic mass is 28.3. The molecule has 0 saturated heterocycles. The number of benzene rings is 1. The minimum Gasteiger partial charge on any atom is -0.281 e. The van der Waals surface area contributed by atoms with E-state index < -0.39 is 8.07 Å². The average molecular weight is 384 g/mol. The summed E-state index contributed by atoms with van der Waals surface area (Å²) in [6.45, 7) is 15.7. The number of aryl methyl sites for hydroxylation is 1. The minimum atomic E-state index is -1.85. The van der Waals surface area contributed by atoms with Gasteiger partial charge in [-0.15, -0.1) is 5.54 Å². The third-order valence-corrected chi connectivity index (χ3v) is 11.9. The quantitative estimate of drug-likeness (QED) is 0.304. The lowest BCUT2D eigenvalue weighted by atomic mass is 10.0. The Morgan fingerprint density at radius 2 is 1.56 bits per heavy atom. The molecule has 27 heavy (non-hydrogen) atoms. The second-order valence-electron chi connectivity index (χ2n) is 8.02. The average Bonchev–Trinajstić information content (AvgIpc) is 2.95. The van der Waals surface area contributed by atoms with Gasteiger partial charge in [-0.25, -0.2) is 0 Å². The van der Waals surface area contributed by atoms with E-state index in [1.807, 2.05) is 6.92 Å². The van der Waals surface area contributed by atoms with E-state index in [1.165, 1.54) is 12.1 Å². The second kappa shape index (κ2) is 8.09. The molecular weight excluding hydrogens is 354 g/mol. The van der Waals surface area contributed by atoms with Crippen LogP contribution in [0.1, 0.15) is 52.9 Å². The van der Waals surface area contributed by atoms with Crippen LogP contribution in [0, 0.1) is 28.5 Å². The van der Waals surface area contributed by atoms with E-state index in [2.05, 4.69) is 63.2 Å². The van der Waals surface area contributed by atoms with Crippen molar-refractivity contribution in [2.24, 2.45) is 0 Å². The van der Waals surface area contributed by atoms with Gasteiger partial charge in [0.2, 0.25) is 0 Å². The van der Waals surface area contributed by atoms with Crippen molar-refractivity contribution in [2.75, 3.05) is 0 Å². The molecule has 0 amide bonds. The fourth-order valence-electron chi connectivity index (χ4n) is 4.22. The highest BCUT2D eigenvalue weighted by Gasteiger charge is 2.41. The summed E-state index contributed by atoms with van der Waals surface area (Å²) in [4.78, 5) is 10.5. The molecule has 1 heterocycles. The number of nitrogens with one attached hydrogen (secondary N) is 1. The van der Waals surface area contributed by atoms with Crippen molar-refractivity contribution in [3.63, 3.8) is 0 Å². The molecule has 1 aromatic carbocycles. The van der Waals surface area contributed by atoms with Crippen LogP contribution in [0.25, 0.3) is 11.1 Å². The van der Waals surface area contributed by atoms with Gasteiger partial charge in [0.1, 0.15) is 13.8 Å². The molecule has 6 heteroatoms. The molecule has 0 bridgehead atoms. The summed E-state index contributed by atoms with van der Waals surface area (Å²) < 4.78 is 0. The van der Waals surface area contributed by atoms with Gasteiger partial charge < -0.3 is 0 Å². The van der Waals surface area contributed by atoms with Gasteiger partial charge in [-0.05, 0) is 41.2 Å². The van der Waals surface area contributed by atoms with Crippen LogP contribution >= 0.6 is 0 Å². The Balaban J connectivity index is 2.54. The molecule has 1 aromatic heterocycles. The molecule has 0 radical (unpaired) electrons. The monoisotopic (exact) mass is 383 g/mol.